The van der Waals surface area contributed by atoms with E-state index in [-0.39, 0.29) is 5.91 Å². The molecule has 4 rings (SSSR count). The Hall–Kier alpha value is -1.86. The second-order valence-corrected chi connectivity index (χ2v) is 7.39. The van der Waals surface area contributed by atoms with Crippen molar-refractivity contribution in [2.45, 2.75) is 19.5 Å². The van der Waals surface area contributed by atoms with Gasteiger partial charge in [0.15, 0.2) is 5.13 Å². The summed E-state index contributed by atoms with van der Waals surface area (Å²) in [5.74, 6) is -0.775. The van der Waals surface area contributed by atoms with Gasteiger partial charge in [0.1, 0.15) is 6.17 Å². The first-order valence-electron chi connectivity index (χ1n) is 6.88. The summed E-state index contributed by atoms with van der Waals surface area (Å²) < 4.78 is 13.9. The third-order valence-electron chi connectivity index (χ3n) is 3.58. The monoisotopic (exact) mass is 333 g/mol. The summed E-state index contributed by atoms with van der Waals surface area (Å²) in [6, 6.07) is 5.91. The Morgan fingerprint density at radius 3 is 2.91 bits per heavy atom. The lowest BCUT2D eigenvalue weighted by Crippen LogP contribution is -2.14. The van der Waals surface area contributed by atoms with Crippen LogP contribution in [-0.4, -0.2) is 22.0 Å². The van der Waals surface area contributed by atoms with E-state index < -0.39 is 12.1 Å². The number of fused-ring (bicyclic) bond motifs is 1. The number of carbonyl (C=O) groups excluding carboxylic acids is 1. The molecule has 1 saturated carbocycles. The van der Waals surface area contributed by atoms with Crippen LogP contribution in [-0.2, 0) is 4.79 Å². The summed E-state index contributed by atoms with van der Waals surface area (Å²) in [5.41, 5.74) is 2.80. The maximum atomic E-state index is 12.9. The van der Waals surface area contributed by atoms with Crippen molar-refractivity contribution in [1.29, 1.82) is 0 Å². The Labute approximate surface area is 134 Å². The van der Waals surface area contributed by atoms with Crippen LogP contribution in [0.2, 0.25) is 0 Å². The highest BCUT2D eigenvalue weighted by Crippen LogP contribution is 2.36. The van der Waals surface area contributed by atoms with Gasteiger partial charge in [0, 0.05) is 10.9 Å². The van der Waals surface area contributed by atoms with Gasteiger partial charge in [-0.2, -0.15) is 0 Å². The molecule has 4 nitrogen and oxygen atoms in total. The fourth-order valence-corrected chi connectivity index (χ4v) is 3.80. The zero-order valence-electron chi connectivity index (χ0n) is 11.7. The van der Waals surface area contributed by atoms with E-state index in [1.807, 2.05) is 30.5 Å². The molecule has 22 heavy (non-hydrogen) atoms. The molecule has 2 unspecified atom stereocenters. The Balaban J connectivity index is 1.62. The second kappa shape index (κ2) is 5.10. The highest BCUT2D eigenvalue weighted by atomic mass is 32.1. The van der Waals surface area contributed by atoms with Crippen molar-refractivity contribution >= 4 is 43.9 Å². The second-order valence-electron chi connectivity index (χ2n) is 5.30. The van der Waals surface area contributed by atoms with E-state index in [4.69, 9.17) is 0 Å². The number of aryl methyl sites for hydroxylation is 1. The number of benzene rings is 1. The van der Waals surface area contributed by atoms with Crippen molar-refractivity contribution in [3.05, 3.63) is 28.6 Å². The smallest absolute Gasteiger partial charge is 0.232 e. The highest BCUT2D eigenvalue weighted by molar-refractivity contribution is 7.22. The van der Waals surface area contributed by atoms with Crippen LogP contribution < -0.4 is 5.32 Å². The number of rotatable bonds is 3. The molecule has 7 heteroatoms. The van der Waals surface area contributed by atoms with E-state index >= 15 is 0 Å². The Morgan fingerprint density at radius 2 is 2.23 bits per heavy atom. The summed E-state index contributed by atoms with van der Waals surface area (Å²) in [7, 11) is 0. The van der Waals surface area contributed by atoms with Crippen molar-refractivity contribution in [3.63, 3.8) is 0 Å². The third-order valence-corrected chi connectivity index (χ3v) is 5.29. The quantitative estimate of drug-likeness (QED) is 0.787. The fraction of sp³-hybridized carbons (Fsp3) is 0.267. The standard InChI is InChI=1S/C15H12FN3OS2/c1-7-17-12(6-21-7)8-2-3-11-13(4-8)22-15(18-11)19-14(20)9-5-10(9)16/h2-4,6,9-10H,5H2,1H3,(H,18,19,20). The zero-order chi connectivity index (χ0) is 15.3. The molecular weight excluding hydrogens is 321 g/mol. The molecule has 112 valence electrons. The third kappa shape index (κ3) is 2.50. The number of hydrogen-bond acceptors (Lipinski definition) is 5. The van der Waals surface area contributed by atoms with Crippen molar-refractivity contribution < 1.29 is 9.18 Å². The normalized spacial score (nSPS) is 20.3. The predicted molar refractivity (Wildman–Crippen MR) is 87.1 cm³/mol. The number of thiazole rings is 2. The van der Waals surface area contributed by atoms with Crippen LogP contribution in [0.5, 0.6) is 0 Å². The summed E-state index contributed by atoms with van der Waals surface area (Å²) in [4.78, 5) is 20.6. The molecule has 1 amide bonds. The molecule has 0 bridgehead atoms. The minimum Gasteiger partial charge on any atom is -0.302 e. The molecule has 0 radical (unpaired) electrons. The molecule has 0 saturated heterocycles. The minimum absolute atomic E-state index is 0.276. The number of alkyl halides is 1. The van der Waals surface area contributed by atoms with Crippen molar-refractivity contribution in [2.75, 3.05) is 5.32 Å². The number of carbonyl (C=O) groups is 1. The SMILES string of the molecule is Cc1nc(-c2ccc3nc(NC(=O)C4CC4F)sc3c2)cs1. The average Bonchev–Trinajstić information content (AvgIpc) is 2.90. The van der Waals surface area contributed by atoms with Gasteiger partial charge in [-0.3, -0.25) is 4.79 Å². The van der Waals surface area contributed by atoms with Gasteiger partial charge in [-0.15, -0.1) is 11.3 Å². The summed E-state index contributed by atoms with van der Waals surface area (Å²) >= 11 is 3.01. The van der Waals surface area contributed by atoms with E-state index in [9.17, 15) is 9.18 Å². The van der Waals surface area contributed by atoms with Gasteiger partial charge in [0.05, 0.1) is 26.8 Å². The van der Waals surface area contributed by atoms with E-state index in [1.165, 1.54) is 11.3 Å². The van der Waals surface area contributed by atoms with Gasteiger partial charge < -0.3 is 5.32 Å². The first-order valence-corrected chi connectivity index (χ1v) is 8.58. The van der Waals surface area contributed by atoms with Crippen LogP contribution in [0.1, 0.15) is 11.4 Å². The number of anilines is 1. The molecule has 2 atom stereocenters. The number of halogens is 1. The molecule has 1 aliphatic rings. The van der Waals surface area contributed by atoms with Gasteiger partial charge in [-0.25, -0.2) is 14.4 Å². The lowest BCUT2D eigenvalue weighted by atomic mass is 10.2. The van der Waals surface area contributed by atoms with Crippen LogP contribution in [0.25, 0.3) is 21.5 Å². The predicted octanol–water partition coefficient (Wildman–Crippen LogP) is 4.02. The summed E-state index contributed by atoms with van der Waals surface area (Å²) in [5, 5.41) is 6.27. The molecule has 0 spiro atoms. The van der Waals surface area contributed by atoms with Gasteiger partial charge in [0.2, 0.25) is 5.91 Å². The first-order chi connectivity index (χ1) is 10.6. The highest BCUT2D eigenvalue weighted by Gasteiger charge is 2.43. The Bertz CT molecular complexity index is 873. The van der Waals surface area contributed by atoms with Gasteiger partial charge in [-0.05, 0) is 25.5 Å². The number of nitrogens with zero attached hydrogens (tertiary/aromatic N) is 2. The maximum Gasteiger partial charge on any atom is 0.232 e. The minimum atomic E-state index is -0.992. The molecule has 1 fully saturated rings. The lowest BCUT2D eigenvalue weighted by molar-refractivity contribution is -0.117. The molecule has 1 aliphatic carbocycles. The molecular formula is C15H12FN3OS2. The van der Waals surface area contributed by atoms with Crippen LogP contribution in [0.15, 0.2) is 23.6 Å². The lowest BCUT2D eigenvalue weighted by Gasteiger charge is -1.97. The van der Waals surface area contributed by atoms with Crippen molar-refractivity contribution in [3.8, 4) is 11.3 Å². The van der Waals surface area contributed by atoms with E-state index in [2.05, 4.69) is 15.3 Å². The van der Waals surface area contributed by atoms with Crippen molar-refractivity contribution in [2.24, 2.45) is 5.92 Å². The molecule has 2 heterocycles. The number of hydrogen-bond donors (Lipinski definition) is 1. The molecule has 1 N–H and O–H groups in total. The van der Waals surface area contributed by atoms with E-state index in [1.54, 1.807) is 11.3 Å². The van der Waals surface area contributed by atoms with Gasteiger partial charge in [-0.1, -0.05) is 17.4 Å². The van der Waals surface area contributed by atoms with E-state index in [0.29, 0.717) is 11.6 Å². The zero-order valence-corrected chi connectivity index (χ0v) is 13.3. The Kier molecular flexibility index (Phi) is 3.19. The first kappa shape index (κ1) is 13.8. The van der Waals surface area contributed by atoms with Crippen LogP contribution in [0, 0.1) is 12.8 Å². The van der Waals surface area contributed by atoms with Gasteiger partial charge >= 0.3 is 0 Å². The number of nitrogens with one attached hydrogen (secondary N) is 1. The number of aromatic nitrogens is 2. The Morgan fingerprint density at radius 1 is 1.41 bits per heavy atom. The molecule has 0 aliphatic heterocycles. The van der Waals surface area contributed by atoms with Crippen LogP contribution >= 0.6 is 22.7 Å². The summed E-state index contributed by atoms with van der Waals surface area (Å²) in [6.07, 6.45) is -0.668. The van der Waals surface area contributed by atoms with Crippen LogP contribution in [0.3, 0.4) is 0 Å². The largest absolute Gasteiger partial charge is 0.302 e. The number of amides is 1. The topological polar surface area (TPSA) is 54.9 Å². The molecule has 3 aromatic rings. The molecule has 1 aromatic carbocycles. The van der Waals surface area contributed by atoms with Gasteiger partial charge in [0.25, 0.3) is 0 Å². The molecule has 2 aromatic heterocycles. The van der Waals surface area contributed by atoms with Crippen molar-refractivity contribution in [1.82, 2.24) is 9.97 Å². The summed E-state index contributed by atoms with van der Waals surface area (Å²) in [6.45, 7) is 1.98. The maximum absolute atomic E-state index is 12.9. The fourth-order valence-electron chi connectivity index (χ4n) is 2.27. The average molecular weight is 333 g/mol. The van der Waals surface area contributed by atoms with E-state index in [0.717, 1.165) is 26.5 Å². The van der Waals surface area contributed by atoms with Crippen LogP contribution in [0.4, 0.5) is 9.52 Å².